The second-order valence-corrected chi connectivity index (χ2v) is 3.66. The van der Waals surface area contributed by atoms with Crippen LogP contribution in [0.3, 0.4) is 0 Å². The molecule has 0 heterocycles. The van der Waals surface area contributed by atoms with E-state index >= 15 is 0 Å². The molecule has 0 N–H and O–H groups in total. The average molecular weight is 204 g/mol. The number of amides is 1. The molecule has 0 fully saturated rings. The van der Waals surface area contributed by atoms with Crippen molar-refractivity contribution in [2.24, 2.45) is 0 Å². The van der Waals surface area contributed by atoms with Gasteiger partial charge in [0.2, 0.25) is 5.91 Å². The van der Waals surface area contributed by atoms with Crippen LogP contribution < -0.4 is 5.32 Å². The van der Waals surface area contributed by atoms with Crippen molar-refractivity contribution in [2.75, 3.05) is 7.05 Å². The number of nitrogens with zero attached hydrogens (tertiary/aromatic N) is 1. The molecule has 1 amide bonds. The molecule has 0 aliphatic carbocycles. The summed E-state index contributed by atoms with van der Waals surface area (Å²) < 4.78 is 0. The highest BCUT2D eigenvalue weighted by atomic mass is 16.1. The number of carbonyl (C=O) groups excluding carboxylic acids is 1. The quantitative estimate of drug-likeness (QED) is 0.655. The molecule has 0 aliphatic heterocycles. The van der Waals surface area contributed by atoms with E-state index in [9.17, 15) is 4.79 Å². The van der Waals surface area contributed by atoms with Gasteiger partial charge in [-0.2, -0.15) is 0 Å². The summed E-state index contributed by atoms with van der Waals surface area (Å²) in [7, 11) is 1.56. The van der Waals surface area contributed by atoms with Crippen LogP contribution in [0.25, 0.3) is 0 Å². The van der Waals surface area contributed by atoms with Gasteiger partial charge in [-0.1, -0.05) is 36.8 Å². The van der Waals surface area contributed by atoms with Gasteiger partial charge in [-0.05, 0) is 24.8 Å². The van der Waals surface area contributed by atoms with Crippen molar-refractivity contribution < 1.29 is 4.79 Å². The summed E-state index contributed by atoms with van der Waals surface area (Å²) in [5.74, 6) is 0.0229. The predicted molar refractivity (Wildman–Crippen MR) is 61.7 cm³/mol. The second kappa shape index (κ2) is 7.04. The molecule has 0 aromatic heterocycles. The maximum Gasteiger partial charge on any atom is 0.240 e. The standard InChI is InChI=1S/C13H18NO/c1-14-13(15)11-7-3-6-10-12-8-4-2-5-9-12/h2,4-5,8-9H,3,6-7,10-11H2,1H3. The van der Waals surface area contributed by atoms with Crippen LogP contribution in [0.4, 0.5) is 0 Å². The first-order valence-corrected chi connectivity index (χ1v) is 5.49. The summed E-state index contributed by atoms with van der Waals surface area (Å²) in [6.07, 6.45) is 4.93. The largest absolute Gasteiger partial charge is 0.273 e. The molecule has 0 bridgehead atoms. The Balaban J connectivity index is 2.05. The topological polar surface area (TPSA) is 31.2 Å². The zero-order chi connectivity index (χ0) is 10.9. The highest BCUT2D eigenvalue weighted by Gasteiger charge is 1.98. The smallest absolute Gasteiger partial charge is 0.240 e. The fourth-order valence-electron chi connectivity index (χ4n) is 1.54. The van der Waals surface area contributed by atoms with Crippen molar-refractivity contribution in [2.45, 2.75) is 32.1 Å². The SMILES string of the molecule is C[N]C(=O)CCCCCc1ccccc1. The molecular weight excluding hydrogens is 186 g/mol. The summed E-state index contributed by atoms with van der Waals surface area (Å²) in [5, 5.41) is 3.61. The number of benzene rings is 1. The van der Waals surface area contributed by atoms with Crippen LogP contribution >= 0.6 is 0 Å². The number of aryl methyl sites for hydroxylation is 1. The van der Waals surface area contributed by atoms with Crippen molar-refractivity contribution in [3.05, 3.63) is 35.9 Å². The molecule has 2 heteroatoms. The Morgan fingerprint density at radius 3 is 2.53 bits per heavy atom. The Bertz CT molecular complexity index is 282. The minimum absolute atomic E-state index is 0.0229. The van der Waals surface area contributed by atoms with Crippen LogP contribution in [0.15, 0.2) is 30.3 Å². The number of unbranched alkanes of at least 4 members (excludes halogenated alkanes) is 2. The fourth-order valence-corrected chi connectivity index (χ4v) is 1.54. The Labute approximate surface area is 91.7 Å². The number of hydrogen-bond donors (Lipinski definition) is 0. The minimum atomic E-state index is 0.0229. The highest BCUT2D eigenvalue weighted by molar-refractivity contribution is 5.75. The Hall–Kier alpha value is -1.31. The maximum absolute atomic E-state index is 10.9. The van der Waals surface area contributed by atoms with Crippen molar-refractivity contribution in [1.82, 2.24) is 5.32 Å². The van der Waals surface area contributed by atoms with Gasteiger partial charge in [0.15, 0.2) is 0 Å². The third kappa shape index (κ3) is 5.21. The van der Waals surface area contributed by atoms with Crippen LogP contribution in [0.2, 0.25) is 0 Å². The summed E-state index contributed by atoms with van der Waals surface area (Å²) in [6.45, 7) is 0. The summed E-state index contributed by atoms with van der Waals surface area (Å²) >= 11 is 0. The van der Waals surface area contributed by atoms with Crippen molar-refractivity contribution in [1.29, 1.82) is 0 Å². The van der Waals surface area contributed by atoms with Crippen molar-refractivity contribution in [3.63, 3.8) is 0 Å². The molecule has 1 aromatic rings. The van der Waals surface area contributed by atoms with Crippen LogP contribution in [-0.4, -0.2) is 13.0 Å². The Morgan fingerprint density at radius 1 is 1.13 bits per heavy atom. The van der Waals surface area contributed by atoms with Gasteiger partial charge < -0.3 is 0 Å². The molecule has 0 saturated heterocycles. The molecule has 0 aliphatic rings. The third-order valence-electron chi connectivity index (χ3n) is 2.45. The minimum Gasteiger partial charge on any atom is -0.273 e. The van der Waals surface area contributed by atoms with Gasteiger partial charge in [-0.3, -0.25) is 10.1 Å². The molecule has 0 atom stereocenters. The molecule has 15 heavy (non-hydrogen) atoms. The zero-order valence-corrected chi connectivity index (χ0v) is 9.28. The number of carbonyl (C=O) groups is 1. The maximum atomic E-state index is 10.9. The average Bonchev–Trinajstić information content (AvgIpc) is 2.29. The van der Waals surface area contributed by atoms with Gasteiger partial charge in [0.1, 0.15) is 0 Å². The van der Waals surface area contributed by atoms with E-state index in [1.807, 2.05) is 6.07 Å². The van der Waals surface area contributed by atoms with E-state index in [1.165, 1.54) is 5.56 Å². The van der Waals surface area contributed by atoms with Crippen LogP contribution in [0.1, 0.15) is 31.2 Å². The lowest BCUT2D eigenvalue weighted by molar-refractivity contribution is -0.121. The normalized spacial score (nSPS) is 9.93. The van der Waals surface area contributed by atoms with Crippen molar-refractivity contribution in [3.8, 4) is 0 Å². The van der Waals surface area contributed by atoms with E-state index in [0.29, 0.717) is 6.42 Å². The van der Waals surface area contributed by atoms with Crippen molar-refractivity contribution >= 4 is 5.91 Å². The van der Waals surface area contributed by atoms with E-state index in [4.69, 9.17) is 0 Å². The zero-order valence-electron chi connectivity index (χ0n) is 9.28. The Morgan fingerprint density at radius 2 is 1.87 bits per heavy atom. The van der Waals surface area contributed by atoms with Gasteiger partial charge in [-0.15, -0.1) is 0 Å². The molecule has 0 saturated carbocycles. The molecule has 0 spiro atoms. The molecule has 0 unspecified atom stereocenters. The number of rotatable bonds is 6. The second-order valence-electron chi connectivity index (χ2n) is 3.66. The number of hydrogen-bond acceptors (Lipinski definition) is 1. The molecule has 1 radical (unpaired) electrons. The molecular formula is C13H18NO. The van der Waals surface area contributed by atoms with E-state index in [1.54, 1.807) is 7.05 Å². The van der Waals surface area contributed by atoms with Crippen LogP contribution in [0.5, 0.6) is 0 Å². The molecule has 2 nitrogen and oxygen atoms in total. The first-order valence-electron chi connectivity index (χ1n) is 5.49. The predicted octanol–water partition coefficient (Wildman–Crippen LogP) is 2.55. The van der Waals surface area contributed by atoms with E-state index in [2.05, 4.69) is 29.6 Å². The first kappa shape index (κ1) is 11.8. The van der Waals surface area contributed by atoms with Gasteiger partial charge in [-0.25, -0.2) is 0 Å². The third-order valence-corrected chi connectivity index (χ3v) is 2.45. The van der Waals surface area contributed by atoms with E-state index in [-0.39, 0.29) is 5.91 Å². The highest BCUT2D eigenvalue weighted by Crippen LogP contribution is 2.07. The lowest BCUT2D eigenvalue weighted by Crippen LogP contribution is -2.09. The molecule has 1 aromatic carbocycles. The monoisotopic (exact) mass is 204 g/mol. The molecule has 81 valence electrons. The van der Waals surface area contributed by atoms with Gasteiger partial charge >= 0.3 is 0 Å². The summed E-state index contributed by atoms with van der Waals surface area (Å²) in [4.78, 5) is 10.9. The lowest BCUT2D eigenvalue weighted by Gasteiger charge is -2.00. The first-order chi connectivity index (χ1) is 7.33. The fraction of sp³-hybridized carbons (Fsp3) is 0.462. The van der Waals surface area contributed by atoms with Gasteiger partial charge in [0.25, 0.3) is 0 Å². The van der Waals surface area contributed by atoms with E-state index in [0.717, 1.165) is 25.7 Å². The van der Waals surface area contributed by atoms with Gasteiger partial charge in [0, 0.05) is 13.5 Å². The van der Waals surface area contributed by atoms with Gasteiger partial charge in [0.05, 0.1) is 0 Å². The lowest BCUT2D eigenvalue weighted by atomic mass is 10.1. The van der Waals surface area contributed by atoms with Crippen LogP contribution in [0, 0.1) is 0 Å². The summed E-state index contributed by atoms with van der Waals surface area (Å²) in [5.41, 5.74) is 1.38. The van der Waals surface area contributed by atoms with E-state index < -0.39 is 0 Å². The Kier molecular flexibility index (Phi) is 5.52. The van der Waals surface area contributed by atoms with Crippen LogP contribution in [-0.2, 0) is 11.2 Å². The summed E-state index contributed by atoms with van der Waals surface area (Å²) in [6, 6.07) is 10.5. The molecule has 1 rings (SSSR count).